The lowest BCUT2D eigenvalue weighted by molar-refractivity contribution is -0.123. The lowest BCUT2D eigenvalue weighted by Gasteiger charge is -2.20. The molecular formula is C11H17BrN2OS. The van der Waals surface area contributed by atoms with Gasteiger partial charge in [-0.2, -0.15) is 0 Å². The minimum atomic E-state index is -0.533. The second-order valence-corrected chi connectivity index (χ2v) is 7.57. The Labute approximate surface area is 109 Å². The molecule has 1 N–H and O–H groups in total. The van der Waals surface area contributed by atoms with Gasteiger partial charge in [0.1, 0.15) is 0 Å². The minimum Gasteiger partial charge on any atom is -0.347 e. The Balaban J connectivity index is 2.77. The van der Waals surface area contributed by atoms with Crippen molar-refractivity contribution in [2.24, 2.45) is 0 Å². The summed E-state index contributed by atoms with van der Waals surface area (Å²) >= 11 is 4.98. The van der Waals surface area contributed by atoms with Gasteiger partial charge in [-0.15, -0.1) is 11.3 Å². The van der Waals surface area contributed by atoms with E-state index in [1.165, 1.54) is 0 Å². The first kappa shape index (κ1) is 13.6. The molecule has 1 amide bonds. The van der Waals surface area contributed by atoms with E-state index in [1.807, 2.05) is 34.6 Å². The second kappa shape index (κ2) is 4.84. The molecule has 0 aliphatic rings. The van der Waals surface area contributed by atoms with Crippen molar-refractivity contribution in [1.29, 1.82) is 0 Å². The Morgan fingerprint density at radius 3 is 2.44 bits per heavy atom. The molecule has 90 valence electrons. The lowest BCUT2D eigenvalue weighted by Crippen LogP contribution is -2.38. The number of hydrogen-bond donors (Lipinski definition) is 1. The van der Waals surface area contributed by atoms with Crippen molar-refractivity contribution in [3.8, 4) is 0 Å². The summed E-state index contributed by atoms with van der Waals surface area (Å²) in [5.41, 5.74) is 1.00. The van der Waals surface area contributed by atoms with Crippen molar-refractivity contribution in [3.63, 3.8) is 0 Å². The topological polar surface area (TPSA) is 42.0 Å². The molecule has 5 heteroatoms. The molecule has 0 fully saturated rings. The van der Waals surface area contributed by atoms with E-state index in [0.717, 1.165) is 15.6 Å². The standard InChI is InChI=1S/C11H17BrN2OS/c1-6-9(16-8(3)13-6)7(2)14-10(15)11(4,5)12/h7H,1-5H3,(H,14,15). The fraction of sp³-hybridized carbons (Fsp3) is 0.636. The summed E-state index contributed by atoms with van der Waals surface area (Å²) < 4.78 is -0.533. The van der Waals surface area contributed by atoms with Crippen molar-refractivity contribution < 1.29 is 4.79 Å². The number of rotatable bonds is 3. The zero-order valence-electron chi connectivity index (χ0n) is 10.2. The first-order valence-electron chi connectivity index (χ1n) is 5.15. The predicted molar refractivity (Wildman–Crippen MR) is 71.2 cm³/mol. The number of carbonyl (C=O) groups is 1. The summed E-state index contributed by atoms with van der Waals surface area (Å²) in [6, 6.07) is 0.00975. The van der Waals surface area contributed by atoms with Crippen LogP contribution >= 0.6 is 27.3 Å². The quantitative estimate of drug-likeness (QED) is 0.872. The van der Waals surface area contributed by atoms with E-state index in [4.69, 9.17) is 0 Å². The molecule has 1 rings (SSSR count). The van der Waals surface area contributed by atoms with Gasteiger partial charge in [0.2, 0.25) is 5.91 Å². The van der Waals surface area contributed by atoms with E-state index in [2.05, 4.69) is 26.2 Å². The molecule has 3 nitrogen and oxygen atoms in total. The second-order valence-electron chi connectivity index (χ2n) is 4.35. The van der Waals surface area contributed by atoms with Gasteiger partial charge in [-0.3, -0.25) is 4.79 Å². The van der Waals surface area contributed by atoms with Gasteiger partial charge in [0.05, 0.1) is 21.1 Å². The molecule has 0 aliphatic heterocycles. The van der Waals surface area contributed by atoms with Crippen LogP contribution in [0.1, 0.15) is 42.4 Å². The molecule has 0 spiro atoms. The number of carbonyl (C=O) groups excluding carboxylic acids is 1. The highest BCUT2D eigenvalue weighted by atomic mass is 79.9. The number of alkyl halides is 1. The molecule has 1 aromatic rings. The van der Waals surface area contributed by atoms with E-state index in [1.54, 1.807) is 11.3 Å². The van der Waals surface area contributed by atoms with Gasteiger partial charge in [0.25, 0.3) is 0 Å². The molecule has 1 atom stereocenters. The van der Waals surface area contributed by atoms with Gasteiger partial charge in [-0.1, -0.05) is 15.9 Å². The number of amides is 1. The van der Waals surface area contributed by atoms with Gasteiger partial charge >= 0.3 is 0 Å². The van der Waals surface area contributed by atoms with Gasteiger partial charge in [0.15, 0.2) is 0 Å². The number of aromatic nitrogens is 1. The van der Waals surface area contributed by atoms with Crippen molar-refractivity contribution >= 4 is 33.2 Å². The Morgan fingerprint density at radius 1 is 1.50 bits per heavy atom. The third-order valence-corrected chi connectivity index (χ3v) is 3.84. The molecule has 0 saturated carbocycles. The van der Waals surface area contributed by atoms with Crippen LogP contribution in [0.25, 0.3) is 0 Å². The van der Waals surface area contributed by atoms with Crippen LogP contribution in [0.2, 0.25) is 0 Å². The van der Waals surface area contributed by atoms with Crippen LogP contribution in [-0.4, -0.2) is 15.2 Å². The molecule has 0 aliphatic carbocycles. The van der Waals surface area contributed by atoms with Gasteiger partial charge in [0, 0.05) is 4.88 Å². The smallest absolute Gasteiger partial charge is 0.236 e. The third-order valence-electron chi connectivity index (χ3n) is 2.22. The highest BCUT2D eigenvalue weighted by Crippen LogP contribution is 2.25. The summed E-state index contributed by atoms with van der Waals surface area (Å²) in [5.74, 6) is -0.00884. The zero-order chi connectivity index (χ0) is 12.5. The fourth-order valence-electron chi connectivity index (χ4n) is 1.38. The van der Waals surface area contributed by atoms with E-state index in [9.17, 15) is 4.79 Å². The van der Waals surface area contributed by atoms with Crippen molar-refractivity contribution in [1.82, 2.24) is 10.3 Å². The molecule has 0 radical (unpaired) electrons. The number of hydrogen-bond acceptors (Lipinski definition) is 3. The normalized spacial score (nSPS) is 13.6. The number of nitrogens with zero attached hydrogens (tertiary/aromatic N) is 1. The monoisotopic (exact) mass is 304 g/mol. The Hall–Kier alpha value is -0.420. The summed E-state index contributed by atoms with van der Waals surface area (Å²) in [4.78, 5) is 17.3. The number of aryl methyl sites for hydroxylation is 2. The van der Waals surface area contributed by atoms with Crippen molar-refractivity contribution in [2.75, 3.05) is 0 Å². The zero-order valence-corrected chi connectivity index (χ0v) is 12.6. The first-order chi connectivity index (χ1) is 7.21. The maximum Gasteiger partial charge on any atom is 0.236 e. The highest BCUT2D eigenvalue weighted by molar-refractivity contribution is 9.10. The number of nitrogens with one attached hydrogen (secondary N) is 1. The largest absolute Gasteiger partial charge is 0.347 e. The van der Waals surface area contributed by atoms with Gasteiger partial charge in [-0.25, -0.2) is 4.98 Å². The van der Waals surface area contributed by atoms with Crippen LogP contribution in [0.5, 0.6) is 0 Å². The SMILES string of the molecule is Cc1nc(C)c(C(C)NC(=O)C(C)(C)Br)s1. The van der Waals surface area contributed by atoms with Gasteiger partial charge in [-0.05, 0) is 34.6 Å². The fourth-order valence-corrected chi connectivity index (χ4v) is 2.43. The average molecular weight is 305 g/mol. The minimum absolute atomic E-state index is 0.00884. The molecule has 1 unspecified atom stereocenters. The molecule has 1 aromatic heterocycles. The number of halogens is 1. The summed E-state index contributed by atoms with van der Waals surface area (Å²) in [7, 11) is 0. The van der Waals surface area contributed by atoms with Crippen LogP contribution in [-0.2, 0) is 4.79 Å². The van der Waals surface area contributed by atoms with Crippen LogP contribution in [0.4, 0.5) is 0 Å². The Morgan fingerprint density at radius 2 is 2.06 bits per heavy atom. The van der Waals surface area contributed by atoms with Crippen LogP contribution in [0.15, 0.2) is 0 Å². The van der Waals surface area contributed by atoms with Crippen LogP contribution in [0.3, 0.4) is 0 Å². The maximum atomic E-state index is 11.8. The molecular weight excluding hydrogens is 288 g/mol. The molecule has 0 bridgehead atoms. The third kappa shape index (κ3) is 3.28. The summed E-state index contributed by atoms with van der Waals surface area (Å²) in [6.07, 6.45) is 0. The molecule has 16 heavy (non-hydrogen) atoms. The highest BCUT2D eigenvalue weighted by Gasteiger charge is 2.26. The molecule has 0 aromatic carbocycles. The van der Waals surface area contributed by atoms with Gasteiger partial charge < -0.3 is 5.32 Å². The van der Waals surface area contributed by atoms with E-state index < -0.39 is 4.32 Å². The Kier molecular flexibility index (Phi) is 4.12. The molecule has 1 heterocycles. The summed E-state index contributed by atoms with van der Waals surface area (Å²) in [6.45, 7) is 9.60. The molecule has 0 saturated heterocycles. The maximum absolute atomic E-state index is 11.8. The van der Waals surface area contributed by atoms with E-state index in [-0.39, 0.29) is 11.9 Å². The predicted octanol–water partition coefficient (Wildman–Crippen LogP) is 3.11. The van der Waals surface area contributed by atoms with Crippen molar-refractivity contribution in [3.05, 3.63) is 15.6 Å². The first-order valence-corrected chi connectivity index (χ1v) is 6.76. The lowest BCUT2D eigenvalue weighted by atomic mass is 10.1. The van der Waals surface area contributed by atoms with Crippen LogP contribution in [0, 0.1) is 13.8 Å². The van der Waals surface area contributed by atoms with Crippen molar-refractivity contribution in [2.45, 2.75) is 45.0 Å². The number of thiazole rings is 1. The Bertz CT molecular complexity index is 395. The van der Waals surface area contributed by atoms with Crippen LogP contribution < -0.4 is 5.32 Å². The van der Waals surface area contributed by atoms with E-state index >= 15 is 0 Å². The average Bonchev–Trinajstić information content (AvgIpc) is 2.43. The summed E-state index contributed by atoms with van der Waals surface area (Å²) in [5, 5.41) is 4.01. The van der Waals surface area contributed by atoms with E-state index in [0.29, 0.717) is 0 Å².